The van der Waals surface area contributed by atoms with Gasteiger partial charge in [-0.25, -0.2) is 0 Å². The van der Waals surface area contributed by atoms with Crippen molar-refractivity contribution in [2.45, 2.75) is 57.7 Å². The van der Waals surface area contributed by atoms with Gasteiger partial charge in [0.15, 0.2) is 5.17 Å². The van der Waals surface area contributed by atoms with E-state index in [2.05, 4.69) is 38.0 Å². The first-order chi connectivity index (χ1) is 14.5. The number of pyridine rings is 1. The van der Waals surface area contributed by atoms with Gasteiger partial charge in [0.25, 0.3) is 0 Å². The predicted octanol–water partition coefficient (Wildman–Crippen LogP) is 4.99. The molecule has 0 atom stereocenters. The second-order valence-corrected chi connectivity index (χ2v) is 10.5. The molecule has 3 N–H and O–H groups in total. The van der Waals surface area contributed by atoms with Gasteiger partial charge in [-0.15, -0.1) is 0 Å². The molecule has 1 saturated heterocycles. The lowest BCUT2D eigenvalue weighted by Crippen LogP contribution is -2.62. The van der Waals surface area contributed by atoms with Gasteiger partial charge in [-0.1, -0.05) is 12.1 Å². The van der Waals surface area contributed by atoms with Crippen molar-refractivity contribution in [2.24, 2.45) is 0 Å². The van der Waals surface area contributed by atoms with Crippen molar-refractivity contribution in [3.05, 3.63) is 48.3 Å². The molecule has 1 aromatic heterocycles. The van der Waals surface area contributed by atoms with E-state index in [1.807, 2.05) is 42.3 Å². The Balaban J connectivity index is 1.74. The van der Waals surface area contributed by atoms with E-state index in [9.17, 15) is 0 Å². The lowest BCUT2D eigenvalue weighted by Gasteiger charge is -2.49. The number of benzene rings is 1. The highest BCUT2D eigenvalue weighted by Crippen LogP contribution is 2.34. The van der Waals surface area contributed by atoms with Crippen LogP contribution in [0, 0.1) is 10.8 Å². The van der Waals surface area contributed by atoms with E-state index >= 15 is 0 Å². The molecule has 6 nitrogen and oxygen atoms in total. The summed E-state index contributed by atoms with van der Waals surface area (Å²) in [5, 5.41) is 21.7. The minimum absolute atomic E-state index is 0.00444. The molecule has 0 saturated carbocycles. The molecule has 1 fully saturated rings. The Labute approximate surface area is 189 Å². The van der Waals surface area contributed by atoms with Crippen LogP contribution in [0.25, 0.3) is 11.1 Å². The van der Waals surface area contributed by atoms with Crippen LogP contribution in [-0.2, 0) is 0 Å². The number of ether oxygens (including phenoxy) is 1. The van der Waals surface area contributed by atoms with E-state index in [0.717, 1.165) is 24.0 Å². The molecule has 3 rings (SSSR count). The van der Waals surface area contributed by atoms with E-state index in [0.29, 0.717) is 21.5 Å². The highest BCUT2D eigenvalue weighted by molar-refractivity contribution is 8.26. The van der Waals surface area contributed by atoms with Crippen molar-refractivity contribution < 1.29 is 4.74 Å². The van der Waals surface area contributed by atoms with Gasteiger partial charge in [-0.3, -0.25) is 15.8 Å². The summed E-state index contributed by atoms with van der Waals surface area (Å²) in [4.78, 5) is 6.19. The first-order valence-electron chi connectivity index (χ1n) is 10.5. The van der Waals surface area contributed by atoms with Gasteiger partial charge in [-0.05, 0) is 76.1 Å². The molecule has 1 aliphatic heterocycles. The number of hydrogen-bond acceptors (Lipinski definition) is 6. The molecule has 1 aliphatic rings. The number of nitrogens with one attached hydrogen (secondary N) is 3. The highest BCUT2D eigenvalue weighted by Gasteiger charge is 2.39. The molecule has 0 radical (unpaired) electrons. The van der Waals surface area contributed by atoms with Crippen LogP contribution >= 0.6 is 11.8 Å². The zero-order chi connectivity index (χ0) is 22.8. The minimum atomic E-state index is 0.00444. The Kier molecular flexibility index (Phi) is 6.76. The lowest BCUT2D eigenvalue weighted by molar-refractivity contribution is 0.114. The van der Waals surface area contributed by atoms with Gasteiger partial charge in [0.2, 0.25) is 0 Å². The van der Waals surface area contributed by atoms with Crippen LogP contribution in [0.3, 0.4) is 0 Å². The Morgan fingerprint density at radius 2 is 1.81 bits per heavy atom. The fourth-order valence-corrected chi connectivity index (χ4v) is 5.29. The fraction of sp³-hybridized carbons (Fsp3) is 0.458. The van der Waals surface area contributed by atoms with E-state index in [4.69, 9.17) is 15.6 Å². The Bertz CT molecular complexity index is 942. The fourth-order valence-electron chi connectivity index (χ4n) is 4.52. The topological polar surface area (TPSA) is 85.1 Å². The molecule has 0 unspecified atom stereocenters. The number of hydrogen-bond donors (Lipinski definition) is 3. The van der Waals surface area contributed by atoms with Crippen LogP contribution in [0.5, 0.6) is 5.75 Å². The molecule has 31 heavy (non-hydrogen) atoms. The molecule has 7 heteroatoms. The SMILES string of the molecule is COc1cc(-c2cccnc2)ccc1C(=N)SC(=N)N(C)C1CC(C)(C)NC(C)(C)C1. The second kappa shape index (κ2) is 9.01. The standard InChI is InChI=1S/C24H33N5OS/c1-23(2)13-18(14-24(3,4)28-23)29(5)22(26)31-21(25)19-10-9-16(12-20(19)30-6)17-8-7-11-27-15-17/h7-12,15,18,25-26,28H,13-14H2,1-6H3. The molecule has 0 bridgehead atoms. The zero-order valence-electron chi connectivity index (χ0n) is 19.2. The summed E-state index contributed by atoms with van der Waals surface area (Å²) in [5.74, 6) is 0.624. The van der Waals surface area contributed by atoms with E-state index in [1.54, 1.807) is 19.5 Å². The maximum absolute atomic E-state index is 8.65. The van der Waals surface area contributed by atoms with Gasteiger partial charge in [0, 0.05) is 47.7 Å². The largest absolute Gasteiger partial charge is 0.496 e. The van der Waals surface area contributed by atoms with E-state index in [-0.39, 0.29) is 17.1 Å². The van der Waals surface area contributed by atoms with Crippen LogP contribution < -0.4 is 10.1 Å². The number of rotatable bonds is 4. The van der Waals surface area contributed by atoms with Gasteiger partial charge >= 0.3 is 0 Å². The van der Waals surface area contributed by atoms with Crippen molar-refractivity contribution in [2.75, 3.05) is 14.2 Å². The molecular weight excluding hydrogens is 406 g/mol. The average Bonchev–Trinajstić information content (AvgIpc) is 2.71. The first kappa shape index (κ1) is 23.3. The van der Waals surface area contributed by atoms with Gasteiger partial charge < -0.3 is 15.0 Å². The smallest absolute Gasteiger partial charge is 0.162 e. The zero-order valence-corrected chi connectivity index (χ0v) is 20.1. The summed E-state index contributed by atoms with van der Waals surface area (Å²) in [7, 11) is 3.58. The van der Waals surface area contributed by atoms with Crippen LogP contribution in [0.4, 0.5) is 0 Å². The summed E-state index contributed by atoms with van der Waals surface area (Å²) in [5.41, 5.74) is 2.67. The summed E-state index contributed by atoms with van der Waals surface area (Å²) < 4.78 is 5.57. The van der Waals surface area contributed by atoms with E-state index in [1.165, 1.54) is 11.8 Å². The monoisotopic (exact) mass is 439 g/mol. The van der Waals surface area contributed by atoms with Crippen molar-refractivity contribution in [3.63, 3.8) is 0 Å². The van der Waals surface area contributed by atoms with Crippen LogP contribution in [0.15, 0.2) is 42.7 Å². The molecule has 2 heterocycles. The van der Waals surface area contributed by atoms with Crippen molar-refractivity contribution in [1.82, 2.24) is 15.2 Å². The molecular formula is C24H33N5OS. The predicted molar refractivity (Wildman–Crippen MR) is 130 cm³/mol. The van der Waals surface area contributed by atoms with Crippen molar-refractivity contribution in [1.29, 1.82) is 10.8 Å². The third-order valence-corrected chi connectivity index (χ3v) is 6.58. The number of aromatic nitrogens is 1. The molecule has 0 amide bonds. The number of nitrogens with zero attached hydrogens (tertiary/aromatic N) is 2. The number of methoxy groups -OCH3 is 1. The maximum atomic E-state index is 8.65. The Morgan fingerprint density at radius 1 is 1.13 bits per heavy atom. The molecule has 0 spiro atoms. The van der Waals surface area contributed by atoms with Crippen LogP contribution in [0.2, 0.25) is 0 Å². The Morgan fingerprint density at radius 3 is 2.39 bits per heavy atom. The van der Waals surface area contributed by atoms with Crippen LogP contribution in [-0.4, -0.2) is 51.4 Å². The highest BCUT2D eigenvalue weighted by atomic mass is 32.2. The minimum Gasteiger partial charge on any atom is -0.496 e. The summed E-state index contributed by atoms with van der Waals surface area (Å²) >= 11 is 1.17. The number of thioether (sulfide) groups is 1. The normalized spacial score (nSPS) is 17.7. The second-order valence-electron chi connectivity index (χ2n) is 9.46. The van der Waals surface area contributed by atoms with Crippen molar-refractivity contribution in [3.8, 4) is 16.9 Å². The van der Waals surface area contributed by atoms with Crippen LogP contribution in [0.1, 0.15) is 46.1 Å². The average molecular weight is 440 g/mol. The van der Waals surface area contributed by atoms with Gasteiger partial charge in [-0.2, -0.15) is 0 Å². The lowest BCUT2D eigenvalue weighted by atomic mass is 9.79. The first-order valence-corrected chi connectivity index (χ1v) is 11.3. The molecule has 2 aromatic rings. The molecule has 0 aliphatic carbocycles. The summed E-state index contributed by atoms with van der Waals surface area (Å²) in [6.07, 6.45) is 5.45. The van der Waals surface area contributed by atoms with Gasteiger partial charge in [0.05, 0.1) is 7.11 Å². The number of piperidine rings is 1. The molecule has 166 valence electrons. The quantitative estimate of drug-likeness (QED) is 0.461. The van der Waals surface area contributed by atoms with E-state index < -0.39 is 0 Å². The molecule has 1 aromatic carbocycles. The Hall–Kier alpha value is -2.38. The summed E-state index contributed by atoms with van der Waals surface area (Å²) in [6, 6.07) is 9.92. The maximum Gasteiger partial charge on any atom is 0.162 e. The third kappa shape index (κ3) is 5.66. The van der Waals surface area contributed by atoms with Gasteiger partial charge in [0.1, 0.15) is 10.8 Å². The summed E-state index contributed by atoms with van der Waals surface area (Å²) in [6.45, 7) is 8.84. The number of amidine groups is 1. The third-order valence-electron chi connectivity index (χ3n) is 5.68. The van der Waals surface area contributed by atoms with Crippen molar-refractivity contribution >= 4 is 22.0 Å².